The van der Waals surface area contributed by atoms with E-state index in [1.807, 2.05) is 18.2 Å². The van der Waals surface area contributed by atoms with Crippen molar-refractivity contribution in [1.82, 2.24) is 0 Å². The van der Waals surface area contributed by atoms with Crippen molar-refractivity contribution >= 4 is 27.5 Å². The molecule has 0 amide bonds. The number of alkyl halides is 1. The van der Waals surface area contributed by atoms with Crippen LogP contribution in [-0.2, 0) is 10.6 Å². The SMILES string of the molecule is COCCCOc1ccc(CCl)cc1Br. The second-order valence-corrected chi connectivity index (χ2v) is 4.21. The highest BCUT2D eigenvalue weighted by molar-refractivity contribution is 9.10. The maximum Gasteiger partial charge on any atom is 0.133 e. The van der Waals surface area contributed by atoms with Crippen LogP contribution in [0.3, 0.4) is 0 Å². The molecule has 0 radical (unpaired) electrons. The van der Waals surface area contributed by atoms with Crippen LogP contribution in [0.5, 0.6) is 5.75 Å². The Kier molecular flexibility index (Phi) is 6.06. The first-order valence-corrected chi connectivity index (χ1v) is 6.07. The van der Waals surface area contributed by atoms with E-state index in [4.69, 9.17) is 21.1 Å². The molecule has 1 aromatic carbocycles. The zero-order chi connectivity index (χ0) is 11.1. The Morgan fingerprint density at radius 2 is 2.13 bits per heavy atom. The molecule has 0 fully saturated rings. The van der Waals surface area contributed by atoms with Gasteiger partial charge in [0.25, 0.3) is 0 Å². The molecule has 0 saturated heterocycles. The molecular formula is C11H14BrClO2. The minimum Gasteiger partial charge on any atom is -0.492 e. The highest BCUT2D eigenvalue weighted by atomic mass is 79.9. The van der Waals surface area contributed by atoms with Crippen molar-refractivity contribution in [3.63, 3.8) is 0 Å². The van der Waals surface area contributed by atoms with E-state index < -0.39 is 0 Å². The quantitative estimate of drug-likeness (QED) is 0.589. The molecule has 0 aliphatic rings. The van der Waals surface area contributed by atoms with Crippen molar-refractivity contribution in [2.45, 2.75) is 12.3 Å². The van der Waals surface area contributed by atoms with Gasteiger partial charge in [0.15, 0.2) is 0 Å². The van der Waals surface area contributed by atoms with Gasteiger partial charge in [-0.05, 0) is 33.6 Å². The molecule has 15 heavy (non-hydrogen) atoms. The summed E-state index contributed by atoms with van der Waals surface area (Å²) in [6, 6.07) is 5.86. The smallest absolute Gasteiger partial charge is 0.133 e. The highest BCUT2D eigenvalue weighted by Gasteiger charge is 2.01. The molecule has 0 unspecified atom stereocenters. The number of methoxy groups -OCH3 is 1. The topological polar surface area (TPSA) is 18.5 Å². The lowest BCUT2D eigenvalue weighted by molar-refractivity contribution is 0.172. The van der Waals surface area contributed by atoms with Crippen LogP contribution < -0.4 is 4.74 Å². The third kappa shape index (κ3) is 4.41. The Labute approximate surface area is 104 Å². The molecule has 0 atom stereocenters. The lowest BCUT2D eigenvalue weighted by Crippen LogP contribution is -2.01. The summed E-state index contributed by atoms with van der Waals surface area (Å²) < 4.78 is 11.4. The van der Waals surface area contributed by atoms with Crippen molar-refractivity contribution in [3.05, 3.63) is 28.2 Å². The lowest BCUT2D eigenvalue weighted by Gasteiger charge is -2.08. The molecule has 0 aliphatic carbocycles. The van der Waals surface area contributed by atoms with Crippen LogP contribution in [-0.4, -0.2) is 20.3 Å². The monoisotopic (exact) mass is 292 g/mol. The second kappa shape index (κ2) is 7.09. The zero-order valence-corrected chi connectivity index (χ0v) is 11.0. The fraction of sp³-hybridized carbons (Fsp3) is 0.455. The van der Waals surface area contributed by atoms with Gasteiger partial charge in [-0.1, -0.05) is 6.07 Å². The normalized spacial score (nSPS) is 10.3. The average molecular weight is 294 g/mol. The summed E-state index contributed by atoms with van der Waals surface area (Å²) in [5.41, 5.74) is 1.08. The van der Waals surface area contributed by atoms with E-state index in [2.05, 4.69) is 15.9 Å². The molecular weight excluding hydrogens is 279 g/mol. The van der Waals surface area contributed by atoms with Gasteiger partial charge in [-0.15, -0.1) is 11.6 Å². The predicted octanol–water partition coefficient (Wildman–Crippen LogP) is 3.60. The molecule has 0 heterocycles. The molecule has 0 N–H and O–H groups in total. The third-order valence-electron chi connectivity index (χ3n) is 1.90. The van der Waals surface area contributed by atoms with Gasteiger partial charge in [0.2, 0.25) is 0 Å². The van der Waals surface area contributed by atoms with Crippen molar-refractivity contribution in [3.8, 4) is 5.75 Å². The fourth-order valence-corrected chi connectivity index (χ4v) is 1.84. The molecule has 0 spiro atoms. The van der Waals surface area contributed by atoms with E-state index >= 15 is 0 Å². The van der Waals surface area contributed by atoms with Crippen molar-refractivity contribution in [2.24, 2.45) is 0 Å². The van der Waals surface area contributed by atoms with E-state index in [1.165, 1.54) is 0 Å². The summed E-state index contributed by atoms with van der Waals surface area (Å²) in [6.45, 7) is 1.38. The first-order valence-electron chi connectivity index (χ1n) is 4.74. The number of halogens is 2. The molecule has 0 saturated carbocycles. The van der Waals surface area contributed by atoms with Gasteiger partial charge in [-0.3, -0.25) is 0 Å². The second-order valence-electron chi connectivity index (χ2n) is 3.09. The van der Waals surface area contributed by atoms with Gasteiger partial charge in [-0.2, -0.15) is 0 Å². The molecule has 4 heteroatoms. The van der Waals surface area contributed by atoms with Crippen LogP contribution in [0, 0.1) is 0 Å². The van der Waals surface area contributed by atoms with Crippen LogP contribution in [0.15, 0.2) is 22.7 Å². The van der Waals surface area contributed by atoms with Gasteiger partial charge in [0, 0.05) is 26.0 Å². The van der Waals surface area contributed by atoms with E-state index in [0.717, 1.165) is 28.8 Å². The van der Waals surface area contributed by atoms with Gasteiger partial charge >= 0.3 is 0 Å². The van der Waals surface area contributed by atoms with Crippen molar-refractivity contribution < 1.29 is 9.47 Å². The van der Waals surface area contributed by atoms with Gasteiger partial charge in [0.05, 0.1) is 11.1 Å². The third-order valence-corrected chi connectivity index (χ3v) is 2.83. The number of rotatable bonds is 6. The molecule has 0 aliphatic heterocycles. The Bertz CT molecular complexity index is 305. The summed E-state index contributed by atoms with van der Waals surface area (Å²) in [6.07, 6.45) is 0.889. The van der Waals surface area contributed by atoms with Crippen molar-refractivity contribution in [1.29, 1.82) is 0 Å². The number of benzene rings is 1. The molecule has 1 aromatic rings. The van der Waals surface area contributed by atoms with Crippen molar-refractivity contribution in [2.75, 3.05) is 20.3 Å². The first-order chi connectivity index (χ1) is 7.27. The summed E-state index contributed by atoms with van der Waals surface area (Å²) in [7, 11) is 1.69. The van der Waals surface area contributed by atoms with Gasteiger partial charge in [-0.25, -0.2) is 0 Å². The number of ether oxygens (including phenoxy) is 2. The average Bonchev–Trinajstić information content (AvgIpc) is 2.26. The largest absolute Gasteiger partial charge is 0.492 e. The van der Waals surface area contributed by atoms with E-state index in [9.17, 15) is 0 Å². The fourth-order valence-electron chi connectivity index (χ4n) is 1.13. The van der Waals surface area contributed by atoms with Gasteiger partial charge in [0.1, 0.15) is 5.75 Å². The predicted molar refractivity (Wildman–Crippen MR) is 65.7 cm³/mol. The van der Waals surface area contributed by atoms with E-state index in [0.29, 0.717) is 12.5 Å². The summed E-state index contributed by atoms with van der Waals surface area (Å²) >= 11 is 9.16. The Hall–Kier alpha value is -0.250. The molecule has 2 nitrogen and oxygen atoms in total. The van der Waals surface area contributed by atoms with E-state index in [-0.39, 0.29) is 0 Å². The minimum absolute atomic E-state index is 0.516. The number of hydrogen-bond acceptors (Lipinski definition) is 2. The maximum absolute atomic E-state index is 5.72. The van der Waals surface area contributed by atoms with Crippen LogP contribution in [0.25, 0.3) is 0 Å². The van der Waals surface area contributed by atoms with Crippen LogP contribution in [0.4, 0.5) is 0 Å². The van der Waals surface area contributed by atoms with Crippen LogP contribution in [0.2, 0.25) is 0 Å². The first kappa shape index (κ1) is 12.8. The van der Waals surface area contributed by atoms with Crippen LogP contribution >= 0.6 is 27.5 Å². The molecule has 84 valence electrons. The standard InChI is InChI=1S/C11H14BrClO2/c1-14-5-2-6-15-11-4-3-9(8-13)7-10(11)12/h3-4,7H,2,5-6,8H2,1H3. The Morgan fingerprint density at radius 1 is 1.33 bits per heavy atom. The van der Waals surface area contributed by atoms with Crippen LogP contribution in [0.1, 0.15) is 12.0 Å². The Balaban J connectivity index is 2.47. The molecule has 1 rings (SSSR count). The maximum atomic E-state index is 5.72. The van der Waals surface area contributed by atoms with Gasteiger partial charge < -0.3 is 9.47 Å². The highest BCUT2D eigenvalue weighted by Crippen LogP contribution is 2.26. The summed E-state index contributed by atoms with van der Waals surface area (Å²) in [5.74, 6) is 1.36. The molecule has 0 bridgehead atoms. The zero-order valence-electron chi connectivity index (χ0n) is 8.63. The molecule has 0 aromatic heterocycles. The summed E-state index contributed by atoms with van der Waals surface area (Å²) in [5, 5.41) is 0. The van der Waals surface area contributed by atoms with E-state index in [1.54, 1.807) is 7.11 Å². The minimum atomic E-state index is 0.516. The number of hydrogen-bond donors (Lipinski definition) is 0. The Morgan fingerprint density at radius 3 is 2.73 bits per heavy atom. The summed E-state index contributed by atoms with van der Waals surface area (Å²) in [4.78, 5) is 0. The lowest BCUT2D eigenvalue weighted by atomic mass is 10.2.